The average molecular weight is 333 g/mol. The number of rotatable bonds is 3. The summed E-state index contributed by atoms with van der Waals surface area (Å²) >= 11 is 0. The van der Waals surface area contributed by atoms with Crippen molar-refractivity contribution in [2.24, 2.45) is 0 Å². The van der Waals surface area contributed by atoms with Crippen molar-refractivity contribution in [1.82, 2.24) is 0 Å². The third kappa shape index (κ3) is 3.76. The molecule has 1 aliphatic rings. The molecule has 0 saturated heterocycles. The number of nitrogens with one attached hydrogen (secondary N) is 1. The number of carbonyl (C=O) groups excluding carboxylic acids is 1. The first-order chi connectivity index (χ1) is 11.4. The summed E-state index contributed by atoms with van der Waals surface area (Å²) in [6.07, 6.45) is -0.712. The van der Waals surface area contributed by atoms with Gasteiger partial charge in [-0.15, -0.1) is 0 Å². The van der Waals surface area contributed by atoms with Gasteiger partial charge in [-0.25, -0.2) is 0 Å². The molecular formula is C18H14F3NO2. The van der Waals surface area contributed by atoms with Crippen molar-refractivity contribution in [2.45, 2.75) is 12.6 Å². The van der Waals surface area contributed by atoms with E-state index >= 15 is 0 Å². The van der Waals surface area contributed by atoms with Gasteiger partial charge < -0.3 is 10.1 Å². The molecule has 0 radical (unpaired) electrons. The highest BCUT2D eigenvalue weighted by Gasteiger charge is 2.30. The number of benzene rings is 2. The molecule has 1 N–H and O–H groups in total. The molecule has 0 aliphatic carbocycles. The highest BCUT2D eigenvalue weighted by Crippen LogP contribution is 2.30. The third-order valence-corrected chi connectivity index (χ3v) is 3.60. The van der Waals surface area contributed by atoms with Crippen molar-refractivity contribution >= 4 is 17.7 Å². The van der Waals surface area contributed by atoms with Gasteiger partial charge in [0.2, 0.25) is 5.91 Å². The van der Waals surface area contributed by atoms with Gasteiger partial charge in [-0.05, 0) is 47.5 Å². The van der Waals surface area contributed by atoms with Gasteiger partial charge >= 0.3 is 6.18 Å². The van der Waals surface area contributed by atoms with Crippen LogP contribution in [-0.2, 0) is 17.4 Å². The quantitative estimate of drug-likeness (QED) is 0.851. The molecular weight excluding hydrogens is 319 g/mol. The van der Waals surface area contributed by atoms with Crippen LogP contribution in [0.25, 0.3) is 6.08 Å². The van der Waals surface area contributed by atoms with E-state index in [0.29, 0.717) is 6.61 Å². The van der Waals surface area contributed by atoms with Gasteiger partial charge in [-0.2, -0.15) is 13.2 Å². The van der Waals surface area contributed by atoms with E-state index in [-0.39, 0.29) is 5.69 Å². The predicted molar refractivity (Wildman–Crippen MR) is 84.7 cm³/mol. The summed E-state index contributed by atoms with van der Waals surface area (Å²) in [6.45, 7) is 0.651. The SMILES string of the molecule is O=C(/C=C/c1ccc2c(c1)CCO2)Nc1cccc(C(F)(F)F)c1. The molecule has 1 heterocycles. The van der Waals surface area contributed by atoms with Crippen LogP contribution >= 0.6 is 0 Å². The lowest BCUT2D eigenvalue weighted by Crippen LogP contribution is -2.10. The van der Waals surface area contributed by atoms with Crippen molar-refractivity contribution in [1.29, 1.82) is 0 Å². The molecule has 24 heavy (non-hydrogen) atoms. The van der Waals surface area contributed by atoms with Crippen molar-refractivity contribution in [3.8, 4) is 5.75 Å². The third-order valence-electron chi connectivity index (χ3n) is 3.60. The molecule has 2 aromatic carbocycles. The Morgan fingerprint density at radius 3 is 2.79 bits per heavy atom. The van der Waals surface area contributed by atoms with Crippen molar-refractivity contribution in [2.75, 3.05) is 11.9 Å². The average Bonchev–Trinajstić information content (AvgIpc) is 3.00. The van der Waals surface area contributed by atoms with Gasteiger partial charge in [-0.1, -0.05) is 12.1 Å². The minimum absolute atomic E-state index is 0.0989. The normalized spacial score (nSPS) is 13.6. The van der Waals surface area contributed by atoms with Gasteiger partial charge in [-0.3, -0.25) is 4.79 Å². The highest BCUT2D eigenvalue weighted by atomic mass is 19.4. The van der Waals surface area contributed by atoms with Gasteiger partial charge in [0.25, 0.3) is 0 Å². The van der Waals surface area contributed by atoms with Crippen LogP contribution in [0.5, 0.6) is 5.75 Å². The topological polar surface area (TPSA) is 38.3 Å². The van der Waals surface area contributed by atoms with Crippen LogP contribution in [0.15, 0.2) is 48.5 Å². The second-order valence-electron chi connectivity index (χ2n) is 5.37. The van der Waals surface area contributed by atoms with Gasteiger partial charge in [0.15, 0.2) is 0 Å². The Morgan fingerprint density at radius 2 is 2.00 bits per heavy atom. The molecule has 3 nitrogen and oxygen atoms in total. The van der Waals surface area contributed by atoms with Crippen molar-refractivity contribution < 1.29 is 22.7 Å². The summed E-state index contributed by atoms with van der Waals surface area (Å²) in [7, 11) is 0. The lowest BCUT2D eigenvalue weighted by Gasteiger charge is -2.08. The molecule has 124 valence electrons. The predicted octanol–water partition coefficient (Wildman–Crippen LogP) is 4.29. The molecule has 1 amide bonds. The minimum atomic E-state index is -4.44. The van der Waals surface area contributed by atoms with Gasteiger partial charge in [0.1, 0.15) is 5.75 Å². The zero-order valence-electron chi connectivity index (χ0n) is 12.6. The number of halogens is 3. The van der Waals surface area contributed by atoms with Crippen LogP contribution in [0.2, 0.25) is 0 Å². The number of ether oxygens (including phenoxy) is 1. The first-order valence-corrected chi connectivity index (χ1v) is 7.34. The summed E-state index contributed by atoms with van der Waals surface area (Å²) in [5.74, 6) is 0.353. The van der Waals surface area contributed by atoms with Crippen LogP contribution < -0.4 is 10.1 Å². The molecule has 3 rings (SSSR count). The fourth-order valence-corrected chi connectivity index (χ4v) is 2.44. The monoisotopic (exact) mass is 333 g/mol. The Kier molecular flexibility index (Phi) is 4.29. The Bertz CT molecular complexity index is 797. The van der Waals surface area contributed by atoms with Crippen LogP contribution in [0.3, 0.4) is 0 Å². The van der Waals surface area contributed by atoms with E-state index in [4.69, 9.17) is 4.74 Å². The molecule has 0 spiro atoms. The number of carbonyl (C=O) groups is 1. The largest absolute Gasteiger partial charge is 0.493 e. The van der Waals surface area contributed by atoms with Crippen LogP contribution in [-0.4, -0.2) is 12.5 Å². The second-order valence-corrected chi connectivity index (χ2v) is 5.37. The van der Waals surface area contributed by atoms with E-state index in [9.17, 15) is 18.0 Å². The van der Waals surface area contributed by atoms with Crippen LogP contribution in [0, 0.1) is 0 Å². The van der Waals surface area contributed by atoms with Gasteiger partial charge in [0, 0.05) is 18.2 Å². The minimum Gasteiger partial charge on any atom is -0.493 e. The van der Waals surface area contributed by atoms with E-state index in [2.05, 4.69) is 5.32 Å². The summed E-state index contributed by atoms with van der Waals surface area (Å²) < 4.78 is 43.3. The van der Waals surface area contributed by atoms with E-state index < -0.39 is 17.6 Å². The summed E-state index contributed by atoms with van der Waals surface area (Å²) in [5.41, 5.74) is 1.21. The van der Waals surface area contributed by atoms with Crippen molar-refractivity contribution in [3.63, 3.8) is 0 Å². The first kappa shape index (κ1) is 16.1. The number of alkyl halides is 3. The molecule has 0 unspecified atom stereocenters. The lowest BCUT2D eigenvalue weighted by atomic mass is 10.1. The molecule has 0 bridgehead atoms. The fraction of sp³-hybridized carbons (Fsp3) is 0.167. The highest BCUT2D eigenvalue weighted by molar-refractivity contribution is 6.02. The summed E-state index contributed by atoms with van der Waals surface area (Å²) in [4.78, 5) is 11.9. The Morgan fingerprint density at radius 1 is 1.17 bits per heavy atom. The maximum atomic E-state index is 12.6. The Labute approximate surface area is 136 Å². The first-order valence-electron chi connectivity index (χ1n) is 7.34. The Hall–Kier alpha value is -2.76. The fourth-order valence-electron chi connectivity index (χ4n) is 2.44. The second kappa shape index (κ2) is 6.39. The molecule has 6 heteroatoms. The number of hydrogen-bond donors (Lipinski definition) is 1. The molecule has 2 aromatic rings. The Balaban J connectivity index is 1.67. The van der Waals surface area contributed by atoms with E-state index in [1.165, 1.54) is 18.2 Å². The number of hydrogen-bond acceptors (Lipinski definition) is 2. The van der Waals surface area contributed by atoms with E-state index in [1.54, 1.807) is 6.08 Å². The maximum Gasteiger partial charge on any atom is 0.416 e. The summed E-state index contributed by atoms with van der Waals surface area (Å²) in [6, 6.07) is 10.1. The van der Waals surface area contributed by atoms with Crippen LogP contribution in [0.4, 0.5) is 18.9 Å². The van der Waals surface area contributed by atoms with Crippen molar-refractivity contribution in [3.05, 3.63) is 65.2 Å². The number of amides is 1. The zero-order chi connectivity index (χ0) is 17.2. The maximum absolute atomic E-state index is 12.6. The molecule has 0 atom stereocenters. The van der Waals surface area contributed by atoms with E-state index in [0.717, 1.165) is 35.4 Å². The van der Waals surface area contributed by atoms with E-state index in [1.807, 2.05) is 18.2 Å². The standard InChI is InChI=1S/C18H14F3NO2/c19-18(20,21)14-2-1-3-15(11-14)22-17(23)7-5-12-4-6-16-13(10-12)8-9-24-16/h1-7,10-11H,8-9H2,(H,22,23)/b7-5+. The molecule has 1 aliphatic heterocycles. The molecule has 0 saturated carbocycles. The molecule has 0 aromatic heterocycles. The zero-order valence-corrected chi connectivity index (χ0v) is 12.6. The van der Waals surface area contributed by atoms with Gasteiger partial charge in [0.05, 0.1) is 12.2 Å². The number of anilines is 1. The smallest absolute Gasteiger partial charge is 0.416 e. The summed E-state index contributed by atoms with van der Waals surface area (Å²) in [5, 5.41) is 2.43. The van der Waals surface area contributed by atoms with Crippen LogP contribution in [0.1, 0.15) is 16.7 Å². The molecule has 0 fully saturated rings. The number of fused-ring (bicyclic) bond motifs is 1. The lowest BCUT2D eigenvalue weighted by molar-refractivity contribution is -0.137.